The Morgan fingerprint density at radius 2 is 1.96 bits per heavy atom. The van der Waals surface area contributed by atoms with Gasteiger partial charge in [-0.2, -0.15) is 0 Å². The molecule has 3 rings (SSSR count). The molecule has 2 aliphatic heterocycles. The van der Waals surface area contributed by atoms with Crippen LogP contribution in [0.4, 0.5) is 14.9 Å². The van der Waals surface area contributed by atoms with Crippen molar-refractivity contribution in [3.63, 3.8) is 0 Å². The first-order valence-corrected chi connectivity index (χ1v) is 9.24. The van der Waals surface area contributed by atoms with E-state index in [4.69, 9.17) is 0 Å². The van der Waals surface area contributed by atoms with E-state index in [0.717, 1.165) is 19.5 Å². The number of fused-ring (bicyclic) bond motifs is 1. The zero-order valence-electron chi connectivity index (χ0n) is 15.7. The lowest BCUT2D eigenvalue weighted by atomic mass is 9.98. The molecule has 0 bridgehead atoms. The Bertz CT molecular complexity index is 712. The quantitative estimate of drug-likeness (QED) is 0.868. The Kier molecular flexibility index (Phi) is 5.18. The number of hydrogen-bond donors (Lipinski definition) is 2. The number of carbonyl (C=O) groups excluding carboxylic acids is 2. The van der Waals surface area contributed by atoms with Crippen molar-refractivity contribution >= 4 is 17.6 Å². The lowest BCUT2D eigenvalue weighted by molar-refractivity contribution is 0.0640. The lowest BCUT2D eigenvalue weighted by Gasteiger charge is -2.43. The van der Waals surface area contributed by atoms with Crippen molar-refractivity contribution in [2.45, 2.75) is 39.2 Å². The molecule has 0 spiro atoms. The molecule has 0 aromatic heterocycles. The Morgan fingerprint density at radius 3 is 2.62 bits per heavy atom. The summed E-state index contributed by atoms with van der Waals surface area (Å²) in [5.74, 6) is -0.769. The molecule has 142 valence electrons. The second-order valence-corrected chi connectivity index (χ2v) is 7.53. The normalized spacial score (nSPS) is 18.3. The van der Waals surface area contributed by atoms with Crippen molar-refractivity contribution in [3.05, 3.63) is 29.1 Å². The molecule has 6 nitrogen and oxygen atoms in total. The Labute approximate surface area is 153 Å². The van der Waals surface area contributed by atoms with Gasteiger partial charge in [0.2, 0.25) is 0 Å². The maximum Gasteiger partial charge on any atom is 0.322 e. The van der Waals surface area contributed by atoms with Gasteiger partial charge in [-0.25, -0.2) is 9.18 Å². The highest BCUT2D eigenvalue weighted by atomic mass is 19.1. The zero-order chi connectivity index (χ0) is 18.9. The average molecular weight is 362 g/mol. The third kappa shape index (κ3) is 3.53. The predicted molar refractivity (Wildman–Crippen MR) is 99.0 cm³/mol. The molecule has 0 unspecified atom stereocenters. The molecule has 26 heavy (non-hydrogen) atoms. The van der Waals surface area contributed by atoms with Gasteiger partial charge in [0.15, 0.2) is 5.82 Å². The monoisotopic (exact) mass is 362 g/mol. The van der Waals surface area contributed by atoms with Crippen LogP contribution in [0.2, 0.25) is 0 Å². The predicted octanol–water partition coefficient (Wildman–Crippen LogP) is 2.45. The lowest BCUT2D eigenvalue weighted by Crippen LogP contribution is -2.56. The van der Waals surface area contributed by atoms with Crippen LogP contribution in [0.5, 0.6) is 0 Å². The van der Waals surface area contributed by atoms with Gasteiger partial charge in [0.1, 0.15) is 0 Å². The largest absolute Gasteiger partial charge is 0.352 e. The maximum absolute atomic E-state index is 14.7. The number of urea groups is 1. The van der Waals surface area contributed by atoms with Gasteiger partial charge in [0.05, 0.1) is 5.69 Å². The van der Waals surface area contributed by atoms with Gasteiger partial charge in [-0.3, -0.25) is 9.69 Å². The number of nitrogens with one attached hydrogen (secondary N) is 2. The molecular formula is C19H27FN4O2. The molecule has 1 aromatic carbocycles. The maximum atomic E-state index is 14.7. The van der Waals surface area contributed by atoms with Crippen LogP contribution in [0.3, 0.4) is 0 Å². The van der Waals surface area contributed by atoms with Crippen molar-refractivity contribution < 1.29 is 14.0 Å². The third-order valence-corrected chi connectivity index (χ3v) is 5.68. The second-order valence-electron chi connectivity index (χ2n) is 7.53. The summed E-state index contributed by atoms with van der Waals surface area (Å²) in [5, 5.41) is 5.37. The Balaban J connectivity index is 1.65. The van der Waals surface area contributed by atoms with Crippen molar-refractivity contribution in [3.8, 4) is 0 Å². The number of halogens is 1. The molecule has 1 fully saturated rings. The molecule has 1 saturated heterocycles. The minimum absolute atomic E-state index is 0.119. The number of hydrogen-bond acceptors (Lipinski definition) is 3. The standard InChI is InChI=1S/C19H27FN4O2/c1-4-19(2,3)24-11-9-23(10-12-24)18(26)22-15-6-5-14-13(16(15)20)7-8-21-17(14)25/h5-6H,4,7-12H2,1-3H3,(H,21,25)(H,22,26). The number of piperazine rings is 1. The van der Waals surface area contributed by atoms with Gasteiger partial charge in [-0.15, -0.1) is 0 Å². The van der Waals surface area contributed by atoms with Crippen LogP contribution in [0, 0.1) is 5.82 Å². The van der Waals surface area contributed by atoms with E-state index in [9.17, 15) is 14.0 Å². The van der Waals surface area contributed by atoms with Gasteiger partial charge >= 0.3 is 6.03 Å². The summed E-state index contributed by atoms with van der Waals surface area (Å²) in [6.07, 6.45) is 1.48. The number of carbonyl (C=O) groups is 2. The average Bonchev–Trinajstić information content (AvgIpc) is 2.64. The first-order chi connectivity index (χ1) is 12.3. The molecule has 0 aliphatic carbocycles. The summed E-state index contributed by atoms with van der Waals surface area (Å²) < 4.78 is 14.7. The molecule has 0 saturated carbocycles. The summed E-state index contributed by atoms with van der Waals surface area (Å²) in [6.45, 7) is 9.84. The SMILES string of the molecule is CCC(C)(C)N1CCN(C(=O)Nc2ccc3c(c2F)CCNC3=O)CC1. The summed E-state index contributed by atoms with van der Waals surface area (Å²) in [6, 6.07) is 2.75. The zero-order valence-corrected chi connectivity index (χ0v) is 15.7. The molecular weight excluding hydrogens is 335 g/mol. The minimum atomic E-state index is -0.503. The molecule has 2 aliphatic rings. The minimum Gasteiger partial charge on any atom is -0.352 e. The molecule has 0 radical (unpaired) electrons. The third-order valence-electron chi connectivity index (χ3n) is 5.68. The van der Waals surface area contributed by atoms with E-state index >= 15 is 0 Å². The highest BCUT2D eigenvalue weighted by molar-refractivity contribution is 5.98. The Morgan fingerprint density at radius 1 is 1.27 bits per heavy atom. The van der Waals surface area contributed by atoms with Gasteiger partial charge in [-0.05, 0) is 38.8 Å². The number of benzene rings is 1. The molecule has 1 aromatic rings. The molecule has 2 N–H and O–H groups in total. The van der Waals surface area contributed by atoms with E-state index < -0.39 is 5.82 Å². The fourth-order valence-electron chi connectivity index (χ4n) is 3.50. The molecule has 0 atom stereocenters. The van der Waals surface area contributed by atoms with E-state index in [2.05, 4.69) is 36.3 Å². The van der Waals surface area contributed by atoms with Gasteiger partial charge < -0.3 is 15.5 Å². The van der Waals surface area contributed by atoms with Crippen LogP contribution in [0.1, 0.15) is 43.1 Å². The van der Waals surface area contributed by atoms with E-state index in [-0.39, 0.29) is 23.2 Å². The van der Waals surface area contributed by atoms with Crippen LogP contribution in [-0.2, 0) is 6.42 Å². The van der Waals surface area contributed by atoms with E-state index in [1.807, 2.05) is 0 Å². The number of nitrogens with zero attached hydrogens (tertiary/aromatic N) is 2. The van der Waals surface area contributed by atoms with Crippen LogP contribution >= 0.6 is 0 Å². The first-order valence-electron chi connectivity index (χ1n) is 9.24. The summed E-state index contributed by atoms with van der Waals surface area (Å²) in [5.41, 5.74) is 0.983. The van der Waals surface area contributed by atoms with Gasteiger partial charge in [0.25, 0.3) is 5.91 Å². The summed E-state index contributed by atoms with van der Waals surface area (Å²) >= 11 is 0. The van der Waals surface area contributed by atoms with Crippen LogP contribution < -0.4 is 10.6 Å². The number of rotatable bonds is 3. The fourth-order valence-corrected chi connectivity index (χ4v) is 3.50. The molecule has 3 amide bonds. The van der Waals surface area contributed by atoms with Gasteiger partial charge in [0, 0.05) is 49.4 Å². The Hall–Kier alpha value is -2.15. The van der Waals surface area contributed by atoms with Crippen molar-refractivity contribution in [2.75, 3.05) is 38.0 Å². The number of anilines is 1. The topological polar surface area (TPSA) is 64.7 Å². The first kappa shape index (κ1) is 18.6. The molecule has 7 heteroatoms. The van der Waals surface area contributed by atoms with Crippen LogP contribution in [-0.4, -0.2) is 60.0 Å². The van der Waals surface area contributed by atoms with Crippen LogP contribution in [0.25, 0.3) is 0 Å². The van der Waals surface area contributed by atoms with Crippen molar-refractivity contribution in [2.24, 2.45) is 0 Å². The van der Waals surface area contributed by atoms with E-state index in [0.29, 0.717) is 37.2 Å². The summed E-state index contributed by atoms with van der Waals surface area (Å²) in [4.78, 5) is 28.4. The van der Waals surface area contributed by atoms with Crippen LogP contribution in [0.15, 0.2) is 12.1 Å². The highest BCUT2D eigenvalue weighted by Crippen LogP contribution is 2.25. The van der Waals surface area contributed by atoms with Gasteiger partial charge in [-0.1, -0.05) is 6.92 Å². The summed E-state index contributed by atoms with van der Waals surface area (Å²) in [7, 11) is 0. The highest BCUT2D eigenvalue weighted by Gasteiger charge is 2.30. The van der Waals surface area contributed by atoms with E-state index in [1.165, 1.54) is 6.07 Å². The second kappa shape index (κ2) is 7.23. The van der Waals surface area contributed by atoms with E-state index in [1.54, 1.807) is 11.0 Å². The molecule has 2 heterocycles. The van der Waals surface area contributed by atoms with Crippen molar-refractivity contribution in [1.82, 2.24) is 15.1 Å². The van der Waals surface area contributed by atoms with Crippen molar-refractivity contribution in [1.29, 1.82) is 0 Å². The number of amides is 3. The fraction of sp³-hybridized carbons (Fsp3) is 0.579. The smallest absolute Gasteiger partial charge is 0.322 e.